The monoisotopic (exact) mass is 361 g/mol. The van der Waals surface area contributed by atoms with Crippen LogP contribution in [0.5, 0.6) is 11.5 Å². The van der Waals surface area contributed by atoms with Crippen LogP contribution >= 0.6 is 0 Å². The van der Waals surface area contributed by atoms with Crippen molar-refractivity contribution < 1.29 is 23.8 Å². The van der Waals surface area contributed by atoms with Crippen LogP contribution in [0.3, 0.4) is 0 Å². The number of esters is 1. The molecular weight excluding hydrogens is 334 g/mol. The van der Waals surface area contributed by atoms with Gasteiger partial charge in [0.05, 0.1) is 14.2 Å². The minimum Gasteiger partial charge on any atom is -0.497 e. The Morgan fingerprint density at radius 1 is 1.23 bits per heavy atom. The second-order valence-electron chi connectivity index (χ2n) is 6.19. The smallest absolute Gasteiger partial charge is 0.331 e. The summed E-state index contributed by atoms with van der Waals surface area (Å²) in [5.74, 6) is 0.573. The molecule has 1 aliphatic heterocycles. The van der Waals surface area contributed by atoms with Crippen LogP contribution in [-0.2, 0) is 14.3 Å². The van der Waals surface area contributed by atoms with Gasteiger partial charge in [-0.1, -0.05) is 6.92 Å². The van der Waals surface area contributed by atoms with Crippen molar-refractivity contribution in [2.45, 2.75) is 38.6 Å². The van der Waals surface area contributed by atoms with Gasteiger partial charge in [-0.05, 0) is 43.9 Å². The highest BCUT2D eigenvalue weighted by Gasteiger charge is 2.25. The molecule has 1 aromatic carbocycles. The lowest BCUT2D eigenvalue weighted by molar-refractivity contribution is -0.150. The van der Waals surface area contributed by atoms with Crippen molar-refractivity contribution in [3.8, 4) is 11.5 Å². The molecule has 0 bridgehead atoms. The first kappa shape index (κ1) is 19.8. The average molecular weight is 361 g/mol. The summed E-state index contributed by atoms with van der Waals surface area (Å²) < 4.78 is 15.5. The Morgan fingerprint density at radius 2 is 2.04 bits per heavy atom. The number of likely N-dealkylation sites (tertiary alicyclic amines) is 1. The molecule has 1 saturated heterocycles. The summed E-state index contributed by atoms with van der Waals surface area (Å²) in [5, 5.41) is 0. The van der Waals surface area contributed by atoms with E-state index >= 15 is 0 Å². The molecule has 0 aliphatic carbocycles. The number of hydrogen-bond acceptors (Lipinski definition) is 5. The van der Waals surface area contributed by atoms with Crippen molar-refractivity contribution in [3.05, 3.63) is 29.8 Å². The van der Waals surface area contributed by atoms with Gasteiger partial charge in [0.15, 0.2) is 6.61 Å². The predicted octanol–water partition coefficient (Wildman–Crippen LogP) is 3.05. The summed E-state index contributed by atoms with van der Waals surface area (Å²) in [4.78, 5) is 26.1. The second-order valence-corrected chi connectivity index (χ2v) is 6.19. The maximum absolute atomic E-state index is 12.3. The highest BCUT2D eigenvalue weighted by Crippen LogP contribution is 2.25. The molecular formula is C20H27NO5. The van der Waals surface area contributed by atoms with E-state index in [-0.39, 0.29) is 18.6 Å². The molecule has 0 radical (unpaired) electrons. The zero-order valence-corrected chi connectivity index (χ0v) is 15.7. The maximum Gasteiger partial charge on any atom is 0.331 e. The number of rotatable bonds is 7. The Morgan fingerprint density at radius 3 is 2.73 bits per heavy atom. The van der Waals surface area contributed by atoms with Crippen LogP contribution in [0.25, 0.3) is 6.08 Å². The fourth-order valence-electron chi connectivity index (χ4n) is 3.13. The van der Waals surface area contributed by atoms with Crippen LogP contribution in [0, 0.1) is 0 Å². The maximum atomic E-state index is 12.3. The van der Waals surface area contributed by atoms with Crippen LogP contribution in [0.15, 0.2) is 24.3 Å². The van der Waals surface area contributed by atoms with E-state index in [1.807, 2.05) is 4.90 Å². The molecule has 0 N–H and O–H groups in total. The number of methoxy groups -OCH3 is 2. The third-order valence-electron chi connectivity index (χ3n) is 4.60. The lowest BCUT2D eigenvalue weighted by Crippen LogP contribution is -2.45. The van der Waals surface area contributed by atoms with Crippen LogP contribution in [0.2, 0.25) is 0 Å². The number of ether oxygens (including phenoxy) is 3. The highest BCUT2D eigenvalue weighted by atomic mass is 16.5. The molecule has 0 aromatic heterocycles. The van der Waals surface area contributed by atoms with Gasteiger partial charge in [0.2, 0.25) is 0 Å². The minimum absolute atomic E-state index is 0.125. The van der Waals surface area contributed by atoms with Crippen LogP contribution in [0.4, 0.5) is 0 Å². The first-order valence-corrected chi connectivity index (χ1v) is 8.95. The number of carbonyl (C=O) groups excluding carboxylic acids is 2. The predicted molar refractivity (Wildman–Crippen MR) is 99.2 cm³/mol. The van der Waals surface area contributed by atoms with Gasteiger partial charge in [0.25, 0.3) is 5.91 Å². The third kappa shape index (κ3) is 5.25. The molecule has 142 valence electrons. The summed E-state index contributed by atoms with van der Waals surface area (Å²) in [6.45, 7) is 2.60. The molecule has 1 aromatic rings. The Hall–Kier alpha value is -2.50. The summed E-state index contributed by atoms with van der Waals surface area (Å²) >= 11 is 0. The van der Waals surface area contributed by atoms with Gasteiger partial charge in [-0.3, -0.25) is 4.79 Å². The molecule has 6 nitrogen and oxygen atoms in total. The van der Waals surface area contributed by atoms with Gasteiger partial charge in [0.1, 0.15) is 11.5 Å². The van der Waals surface area contributed by atoms with Crippen molar-refractivity contribution in [2.75, 3.05) is 27.4 Å². The van der Waals surface area contributed by atoms with Crippen molar-refractivity contribution in [1.82, 2.24) is 4.90 Å². The van der Waals surface area contributed by atoms with E-state index < -0.39 is 5.97 Å². The Kier molecular flexibility index (Phi) is 7.51. The lowest BCUT2D eigenvalue weighted by Gasteiger charge is -2.35. The first-order chi connectivity index (χ1) is 12.6. The SMILES string of the molecule is CC[C@H]1CCCCN1C(=O)COC(=O)/C=C/c1ccc(OC)cc1OC. The van der Waals surface area contributed by atoms with Crippen LogP contribution < -0.4 is 9.47 Å². The minimum atomic E-state index is -0.554. The van der Waals surface area contributed by atoms with E-state index in [0.29, 0.717) is 11.5 Å². The summed E-state index contributed by atoms with van der Waals surface area (Å²) in [5.41, 5.74) is 0.721. The largest absolute Gasteiger partial charge is 0.497 e. The highest BCUT2D eigenvalue weighted by molar-refractivity contribution is 5.89. The zero-order chi connectivity index (χ0) is 18.9. The molecule has 2 rings (SSSR count). The summed E-state index contributed by atoms with van der Waals surface area (Å²) in [6, 6.07) is 5.55. The number of benzene rings is 1. The molecule has 0 unspecified atom stereocenters. The van der Waals surface area contributed by atoms with Gasteiger partial charge < -0.3 is 19.1 Å². The summed E-state index contributed by atoms with van der Waals surface area (Å²) in [6.07, 6.45) is 7.00. The van der Waals surface area contributed by atoms with E-state index in [9.17, 15) is 9.59 Å². The molecule has 1 amide bonds. The topological polar surface area (TPSA) is 65.1 Å². The van der Waals surface area contributed by atoms with Gasteiger partial charge in [-0.25, -0.2) is 4.79 Å². The van der Waals surface area contributed by atoms with E-state index in [2.05, 4.69) is 6.92 Å². The molecule has 1 heterocycles. The number of piperidine rings is 1. The molecule has 1 fully saturated rings. The van der Waals surface area contributed by atoms with Crippen LogP contribution in [0.1, 0.15) is 38.2 Å². The quantitative estimate of drug-likeness (QED) is 0.552. The average Bonchev–Trinajstić information content (AvgIpc) is 2.70. The first-order valence-electron chi connectivity index (χ1n) is 8.95. The van der Waals surface area contributed by atoms with E-state index in [1.165, 1.54) is 6.08 Å². The standard InChI is InChI=1S/C20H27NO5/c1-4-16-7-5-6-12-21(16)19(22)14-26-20(23)11-9-15-8-10-17(24-2)13-18(15)25-3/h8-11,13,16H,4-7,12,14H2,1-3H3/b11-9+/t16-/m0/s1. The number of carbonyl (C=O) groups is 2. The van der Waals surface area contributed by atoms with Gasteiger partial charge in [0, 0.05) is 30.3 Å². The van der Waals surface area contributed by atoms with E-state index in [0.717, 1.165) is 37.8 Å². The fourth-order valence-corrected chi connectivity index (χ4v) is 3.13. The third-order valence-corrected chi connectivity index (χ3v) is 4.60. The number of amides is 1. The van der Waals surface area contributed by atoms with Crippen LogP contribution in [-0.4, -0.2) is 50.2 Å². The van der Waals surface area contributed by atoms with Crippen molar-refractivity contribution in [3.63, 3.8) is 0 Å². The Bertz CT molecular complexity index is 656. The number of nitrogens with zero attached hydrogens (tertiary/aromatic N) is 1. The molecule has 26 heavy (non-hydrogen) atoms. The molecule has 6 heteroatoms. The normalized spacial score (nSPS) is 17.2. The Balaban J connectivity index is 1.90. The van der Waals surface area contributed by atoms with Crippen molar-refractivity contribution in [2.24, 2.45) is 0 Å². The summed E-state index contributed by atoms with van der Waals surface area (Å²) in [7, 11) is 3.12. The zero-order valence-electron chi connectivity index (χ0n) is 15.7. The van der Waals surface area contributed by atoms with Crippen molar-refractivity contribution >= 4 is 18.0 Å². The number of hydrogen-bond donors (Lipinski definition) is 0. The molecule has 1 aliphatic rings. The molecule has 0 spiro atoms. The van der Waals surface area contributed by atoms with Gasteiger partial charge >= 0.3 is 5.97 Å². The Labute approximate surface area is 154 Å². The molecule has 1 atom stereocenters. The lowest BCUT2D eigenvalue weighted by atomic mass is 10.00. The molecule has 0 saturated carbocycles. The van der Waals surface area contributed by atoms with E-state index in [4.69, 9.17) is 14.2 Å². The fraction of sp³-hybridized carbons (Fsp3) is 0.500. The van der Waals surface area contributed by atoms with Gasteiger partial charge in [-0.2, -0.15) is 0 Å². The van der Waals surface area contributed by atoms with Gasteiger partial charge in [-0.15, -0.1) is 0 Å². The van der Waals surface area contributed by atoms with Crippen molar-refractivity contribution in [1.29, 1.82) is 0 Å². The second kappa shape index (κ2) is 9.85. The van der Waals surface area contributed by atoms with E-state index in [1.54, 1.807) is 38.5 Å².